The summed E-state index contributed by atoms with van der Waals surface area (Å²) in [6.45, 7) is 5.75. The van der Waals surface area contributed by atoms with Crippen molar-refractivity contribution in [1.29, 1.82) is 5.41 Å². The van der Waals surface area contributed by atoms with Crippen LogP contribution in [-0.4, -0.2) is 37.8 Å². The van der Waals surface area contributed by atoms with Gasteiger partial charge in [0.25, 0.3) is 0 Å². The summed E-state index contributed by atoms with van der Waals surface area (Å²) in [5, 5.41) is 9.08. The minimum Gasteiger partial charge on any atom is -0.302 e. The van der Waals surface area contributed by atoms with Gasteiger partial charge in [-0.25, -0.2) is 4.98 Å². The number of hydrogen-bond acceptors (Lipinski definition) is 7. The molecule has 1 aliphatic rings. The van der Waals surface area contributed by atoms with Crippen molar-refractivity contribution in [3.63, 3.8) is 0 Å². The number of ketones is 3. The van der Waals surface area contributed by atoms with E-state index in [0.29, 0.717) is 33.0 Å². The van der Waals surface area contributed by atoms with E-state index in [9.17, 15) is 14.4 Å². The fourth-order valence-corrected chi connectivity index (χ4v) is 4.60. The lowest BCUT2D eigenvalue weighted by molar-refractivity contribution is -0.125. The standard InChI is InChI=1S/C19H17N3O3S/c1-9-14(10(2)23)15(13-6-5-7-21-8-13)16-17(20)19(11(3)24,12(4)25)26-18(16)22-9/h5-8,20H,1-4H3. The van der Waals surface area contributed by atoms with Gasteiger partial charge in [0.2, 0.25) is 0 Å². The second-order valence-corrected chi connectivity index (χ2v) is 7.40. The fraction of sp³-hybridized carbons (Fsp3) is 0.263. The van der Waals surface area contributed by atoms with Crippen LogP contribution in [0, 0.1) is 12.3 Å². The Bertz CT molecular complexity index is 969. The second kappa shape index (κ2) is 6.25. The first-order chi connectivity index (χ1) is 12.2. The summed E-state index contributed by atoms with van der Waals surface area (Å²) in [5.41, 5.74) is 2.28. The Kier molecular flexibility index (Phi) is 4.36. The van der Waals surface area contributed by atoms with E-state index in [4.69, 9.17) is 5.41 Å². The SMILES string of the molecule is CC(=O)c1c(C)nc2c(c1-c1cccnc1)C(=N)C(C(C)=O)(C(C)=O)S2. The van der Waals surface area contributed by atoms with Crippen LogP contribution in [0.4, 0.5) is 0 Å². The fourth-order valence-electron chi connectivity index (χ4n) is 3.33. The van der Waals surface area contributed by atoms with Gasteiger partial charge in [0.15, 0.2) is 22.1 Å². The summed E-state index contributed by atoms with van der Waals surface area (Å²) < 4.78 is -1.62. The van der Waals surface area contributed by atoms with Crippen molar-refractivity contribution in [2.45, 2.75) is 37.5 Å². The maximum Gasteiger partial charge on any atom is 0.179 e. The van der Waals surface area contributed by atoms with Crippen LogP contribution < -0.4 is 0 Å². The number of hydrogen-bond donors (Lipinski definition) is 1. The molecule has 0 saturated carbocycles. The number of aryl methyl sites for hydroxylation is 1. The lowest BCUT2D eigenvalue weighted by Gasteiger charge is -2.21. The third-order valence-electron chi connectivity index (χ3n) is 4.49. The molecule has 132 valence electrons. The Morgan fingerprint density at radius 1 is 1.12 bits per heavy atom. The van der Waals surface area contributed by atoms with Crippen LogP contribution in [0.2, 0.25) is 0 Å². The lowest BCUT2D eigenvalue weighted by atomic mass is 9.84. The second-order valence-electron chi connectivity index (χ2n) is 6.20. The van der Waals surface area contributed by atoms with Gasteiger partial charge in [-0.15, -0.1) is 0 Å². The molecular weight excluding hydrogens is 350 g/mol. The van der Waals surface area contributed by atoms with Crippen LogP contribution in [0.1, 0.15) is 42.4 Å². The van der Waals surface area contributed by atoms with E-state index in [1.54, 1.807) is 31.5 Å². The van der Waals surface area contributed by atoms with Crippen molar-refractivity contribution in [3.8, 4) is 11.1 Å². The van der Waals surface area contributed by atoms with Crippen molar-refractivity contribution in [1.82, 2.24) is 9.97 Å². The highest BCUT2D eigenvalue weighted by Gasteiger charge is 2.53. The first kappa shape index (κ1) is 18.1. The monoisotopic (exact) mass is 367 g/mol. The van der Waals surface area contributed by atoms with Gasteiger partial charge >= 0.3 is 0 Å². The number of nitrogens with one attached hydrogen (secondary N) is 1. The van der Waals surface area contributed by atoms with Gasteiger partial charge in [-0.1, -0.05) is 17.8 Å². The van der Waals surface area contributed by atoms with E-state index < -0.39 is 16.3 Å². The molecular formula is C19H17N3O3S. The molecule has 1 N–H and O–H groups in total. The maximum atomic E-state index is 12.4. The molecule has 0 unspecified atom stereocenters. The predicted molar refractivity (Wildman–Crippen MR) is 99.0 cm³/mol. The third kappa shape index (κ3) is 2.42. The highest BCUT2D eigenvalue weighted by Crippen LogP contribution is 2.49. The number of rotatable bonds is 4. The zero-order valence-electron chi connectivity index (χ0n) is 14.8. The van der Waals surface area contributed by atoms with Crippen LogP contribution in [0.15, 0.2) is 29.6 Å². The lowest BCUT2D eigenvalue weighted by Crippen LogP contribution is -2.45. The van der Waals surface area contributed by atoms with E-state index >= 15 is 0 Å². The van der Waals surface area contributed by atoms with Crippen LogP contribution in [0.5, 0.6) is 0 Å². The Morgan fingerprint density at radius 3 is 2.27 bits per heavy atom. The summed E-state index contributed by atoms with van der Waals surface area (Å²) >= 11 is 0.985. The van der Waals surface area contributed by atoms with Crippen molar-refractivity contribution in [3.05, 3.63) is 41.3 Å². The molecule has 7 heteroatoms. The number of carbonyl (C=O) groups is 3. The number of nitrogens with zero attached hydrogens (tertiary/aromatic N) is 2. The average Bonchev–Trinajstić information content (AvgIpc) is 2.87. The van der Waals surface area contributed by atoms with E-state index in [0.717, 1.165) is 11.8 Å². The highest BCUT2D eigenvalue weighted by molar-refractivity contribution is 8.03. The van der Waals surface area contributed by atoms with E-state index in [1.165, 1.54) is 20.8 Å². The molecule has 26 heavy (non-hydrogen) atoms. The molecule has 0 aliphatic carbocycles. The number of carbonyl (C=O) groups excluding carboxylic acids is 3. The van der Waals surface area contributed by atoms with Gasteiger partial charge in [0.1, 0.15) is 5.03 Å². The summed E-state index contributed by atoms with van der Waals surface area (Å²) in [4.78, 5) is 45.6. The molecule has 0 fully saturated rings. The van der Waals surface area contributed by atoms with Crippen LogP contribution in [-0.2, 0) is 9.59 Å². The van der Waals surface area contributed by atoms with Crippen molar-refractivity contribution in [2.24, 2.45) is 0 Å². The first-order valence-corrected chi connectivity index (χ1v) is 8.79. The van der Waals surface area contributed by atoms with Crippen molar-refractivity contribution < 1.29 is 14.4 Å². The van der Waals surface area contributed by atoms with Crippen molar-refractivity contribution >= 4 is 34.8 Å². The number of Topliss-reactive ketones (excluding diaryl/α,β-unsaturated/α-hetero) is 3. The van der Waals surface area contributed by atoms with Gasteiger partial charge in [0, 0.05) is 34.6 Å². The number of thioether (sulfide) groups is 1. The maximum absolute atomic E-state index is 12.4. The average molecular weight is 367 g/mol. The van der Waals surface area contributed by atoms with Gasteiger partial charge in [-0.2, -0.15) is 0 Å². The van der Waals surface area contributed by atoms with Gasteiger partial charge in [-0.3, -0.25) is 19.4 Å². The van der Waals surface area contributed by atoms with E-state index in [-0.39, 0.29) is 11.5 Å². The molecule has 6 nitrogen and oxygen atoms in total. The molecule has 3 heterocycles. The topological polar surface area (TPSA) is 101 Å². The summed E-state index contributed by atoms with van der Waals surface area (Å²) in [7, 11) is 0. The molecule has 0 saturated heterocycles. The molecule has 2 aromatic rings. The third-order valence-corrected chi connectivity index (χ3v) is 6.06. The Labute approximate surface area is 154 Å². The van der Waals surface area contributed by atoms with Gasteiger partial charge < -0.3 is 5.41 Å². The molecule has 3 rings (SSSR count). The highest BCUT2D eigenvalue weighted by atomic mass is 32.2. The molecule has 0 amide bonds. The number of fused-ring (bicyclic) bond motifs is 1. The number of aromatic nitrogens is 2. The van der Waals surface area contributed by atoms with Gasteiger partial charge in [-0.05, 0) is 33.8 Å². The largest absolute Gasteiger partial charge is 0.302 e. The van der Waals surface area contributed by atoms with E-state index in [1.807, 2.05) is 0 Å². The smallest absolute Gasteiger partial charge is 0.179 e. The molecule has 1 aliphatic heterocycles. The Morgan fingerprint density at radius 2 is 1.77 bits per heavy atom. The van der Waals surface area contributed by atoms with Crippen LogP contribution in [0.3, 0.4) is 0 Å². The summed E-state index contributed by atoms with van der Waals surface area (Å²) in [6, 6.07) is 3.52. The number of pyridine rings is 2. The zero-order valence-corrected chi connectivity index (χ0v) is 15.7. The molecule has 0 aromatic carbocycles. The zero-order chi connectivity index (χ0) is 19.2. The predicted octanol–water partition coefficient (Wildman–Crippen LogP) is 3.04. The first-order valence-electron chi connectivity index (χ1n) is 7.98. The van der Waals surface area contributed by atoms with E-state index in [2.05, 4.69) is 9.97 Å². The van der Waals surface area contributed by atoms with Crippen LogP contribution in [0.25, 0.3) is 11.1 Å². The normalized spacial score (nSPS) is 14.8. The van der Waals surface area contributed by atoms with Crippen LogP contribution >= 0.6 is 11.8 Å². The summed E-state index contributed by atoms with van der Waals surface area (Å²) in [6.07, 6.45) is 3.21. The minimum absolute atomic E-state index is 0.119. The quantitative estimate of drug-likeness (QED) is 0.658. The Balaban J connectivity index is 2.42. The molecule has 0 spiro atoms. The Hall–Kier alpha value is -2.67. The molecule has 0 radical (unpaired) electrons. The molecule has 0 atom stereocenters. The minimum atomic E-state index is -1.62. The van der Waals surface area contributed by atoms with Crippen molar-refractivity contribution in [2.75, 3.05) is 0 Å². The van der Waals surface area contributed by atoms with Gasteiger partial charge in [0.05, 0.1) is 11.4 Å². The molecule has 2 aromatic heterocycles. The summed E-state index contributed by atoms with van der Waals surface area (Å²) in [5.74, 6) is -1.04. The molecule has 0 bridgehead atoms.